The summed E-state index contributed by atoms with van der Waals surface area (Å²) in [7, 11) is 0. The molecular formula is C16H12Cl3NO. The number of hydrogen-bond donors (Lipinski definition) is 1. The van der Waals surface area contributed by atoms with Crippen LogP contribution >= 0.6 is 34.8 Å². The Bertz CT molecular complexity index is 811. The SMILES string of the molecule is OCc1cn(Cc2ccc(Cl)c(Cl)c2)c2cc(Cl)ccc12. The molecule has 0 atom stereocenters. The Labute approximate surface area is 137 Å². The molecule has 0 unspecified atom stereocenters. The van der Waals surface area contributed by atoms with Crippen molar-refractivity contribution in [1.29, 1.82) is 0 Å². The minimum Gasteiger partial charge on any atom is -0.392 e. The van der Waals surface area contributed by atoms with Crippen LogP contribution in [-0.2, 0) is 13.2 Å². The zero-order chi connectivity index (χ0) is 15.0. The summed E-state index contributed by atoms with van der Waals surface area (Å²) >= 11 is 18.1. The number of nitrogens with zero attached hydrogens (tertiary/aromatic N) is 1. The highest BCUT2D eigenvalue weighted by Crippen LogP contribution is 2.27. The van der Waals surface area contributed by atoms with Crippen molar-refractivity contribution in [2.45, 2.75) is 13.2 Å². The van der Waals surface area contributed by atoms with Crippen LogP contribution in [0.25, 0.3) is 10.9 Å². The molecule has 3 rings (SSSR count). The summed E-state index contributed by atoms with van der Waals surface area (Å²) in [5.74, 6) is 0. The molecule has 0 fully saturated rings. The van der Waals surface area contributed by atoms with Crippen LogP contribution in [0.4, 0.5) is 0 Å². The normalized spacial score (nSPS) is 11.2. The first kappa shape index (κ1) is 14.7. The van der Waals surface area contributed by atoms with Gasteiger partial charge in [0, 0.05) is 28.7 Å². The monoisotopic (exact) mass is 339 g/mol. The number of benzene rings is 2. The molecule has 1 N–H and O–H groups in total. The zero-order valence-corrected chi connectivity index (χ0v) is 13.3. The second-order valence-corrected chi connectivity index (χ2v) is 6.10. The fourth-order valence-electron chi connectivity index (χ4n) is 2.43. The summed E-state index contributed by atoms with van der Waals surface area (Å²) in [4.78, 5) is 0. The summed E-state index contributed by atoms with van der Waals surface area (Å²) in [6, 6.07) is 11.2. The first-order valence-electron chi connectivity index (χ1n) is 6.40. The summed E-state index contributed by atoms with van der Waals surface area (Å²) in [5.41, 5.74) is 2.89. The van der Waals surface area contributed by atoms with Crippen LogP contribution in [0, 0.1) is 0 Å². The molecule has 2 nitrogen and oxygen atoms in total. The minimum absolute atomic E-state index is 0.00743. The molecule has 1 aromatic heterocycles. The van der Waals surface area contributed by atoms with E-state index in [0.29, 0.717) is 21.6 Å². The number of aliphatic hydroxyl groups excluding tert-OH is 1. The minimum atomic E-state index is -0.00743. The maximum atomic E-state index is 9.48. The summed E-state index contributed by atoms with van der Waals surface area (Å²) < 4.78 is 2.05. The van der Waals surface area contributed by atoms with E-state index in [9.17, 15) is 5.11 Å². The van der Waals surface area contributed by atoms with Crippen molar-refractivity contribution in [1.82, 2.24) is 4.57 Å². The Kier molecular flexibility index (Phi) is 4.14. The van der Waals surface area contributed by atoms with Crippen molar-refractivity contribution in [3.63, 3.8) is 0 Å². The van der Waals surface area contributed by atoms with Gasteiger partial charge in [-0.05, 0) is 29.8 Å². The Hall–Kier alpha value is -1.19. The average molecular weight is 341 g/mol. The Morgan fingerprint density at radius 1 is 0.952 bits per heavy atom. The quantitative estimate of drug-likeness (QED) is 0.701. The number of hydrogen-bond acceptors (Lipinski definition) is 1. The van der Waals surface area contributed by atoms with E-state index in [0.717, 1.165) is 22.0 Å². The van der Waals surface area contributed by atoms with Gasteiger partial charge in [0.2, 0.25) is 0 Å². The van der Waals surface area contributed by atoms with E-state index in [1.54, 1.807) is 6.07 Å². The Balaban J connectivity index is 2.07. The molecule has 108 valence electrons. The molecule has 0 radical (unpaired) electrons. The van der Waals surface area contributed by atoms with Crippen LogP contribution < -0.4 is 0 Å². The van der Waals surface area contributed by atoms with Crippen molar-refractivity contribution < 1.29 is 5.11 Å². The van der Waals surface area contributed by atoms with Gasteiger partial charge >= 0.3 is 0 Å². The van der Waals surface area contributed by atoms with E-state index >= 15 is 0 Å². The maximum absolute atomic E-state index is 9.48. The number of aliphatic hydroxyl groups is 1. The molecule has 1 heterocycles. The van der Waals surface area contributed by atoms with Gasteiger partial charge in [-0.1, -0.05) is 46.9 Å². The van der Waals surface area contributed by atoms with Crippen LogP contribution in [0.2, 0.25) is 15.1 Å². The van der Waals surface area contributed by atoms with Crippen LogP contribution in [0.5, 0.6) is 0 Å². The molecule has 0 saturated carbocycles. The van der Waals surface area contributed by atoms with Gasteiger partial charge in [-0.2, -0.15) is 0 Å². The highest BCUT2D eigenvalue weighted by atomic mass is 35.5. The highest BCUT2D eigenvalue weighted by molar-refractivity contribution is 6.42. The summed E-state index contributed by atoms with van der Waals surface area (Å²) in [6.45, 7) is 0.625. The fraction of sp³-hybridized carbons (Fsp3) is 0.125. The van der Waals surface area contributed by atoms with E-state index in [4.69, 9.17) is 34.8 Å². The lowest BCUT2D eigenvalue weighted by Crippen LogP contribution is -1.98. The molecule has 3 aromatic rings. The Morgan fingerprint density at radius 2 is 1.76 bits per heavy atom. The summed E-state index contributed by atoms with van der Waals surface area (Å²) in [5, 5.41) is 12.2. The molecule has 0 aliphatic carbocycles. The van der Waals surface area contributed by atoms with Crippen molar-refractivity contribution in [3.8, 4) is 0 Å². The molecule has 5 heteroatoms. The second kappa shape index (κ2) is 5.90. The van der Waals surface area contributed by atoms with Crippen LogP contribution in [0.3, 0.4) is 0 Å². The number of rotatable bonds is 3. The van der Waals surface area contributed by atoms with E-state index in [1.165, 1.54) is 0 Å². The maximum Gasteiger partial charge on any atom is 0.0702 e. The lowest BCUT2D eigenvalue weighted by Gasteiger charge is -2.07. The molecule has 0 amide bonds. The topological polar surface area (TPSA) is 25.2 Å². The van der Waals surface area contributed by atoms with Crippen molar-refractivity contribution in [2.24, 2.45) is 0 Å². The molecule has 2 aromatic carbocycles. The van der Waals surface area contributed by atoms with Crippen molar-refractivity contribution >= 4 is 45.7 Å². The van der Waals surface area contributed by atoms with Gasteiger partial charge in [0.1, 0.15) is 0 Å². The van der Waals surface area contributed by atoms with Crippen LogP contribution in [0.15, 0.2) is 42.6 Å². The lowest BCUT2D eigenvalue weighted by atomic mass is 10.2. The lowest BCUT2D eigenvalue weighted by molar-refractivity contribution is 0.283. The van der Waals surface area contributed by atoms with Gasteiger partial charge < -0.3 is 9.67 Å². The van der Waals surface area contributed by atoms with Crippen molar-refractivity contribution in [3.05, 3.63) is 68.8 Å². The standard InChI is InChI=1S/C16H12Cl3NO/c17-12-2-3-13-11(9-21)8-20(16(13)6-12)7-10-1-4-14(18)15(19)5-10/h1-6,8,21H,7,9H2. The van der Waals surface area contributed by atoms with E-state index in [1.807, 2.05) is 41.1 Å². The zero-order valence-electron chi connectivity index (χ0n) is 11.0. The van der Waals surface area contributed by atoms with Crippen molar-refractivity contribution in [2.75, 3.05) is 0 Å². The molecule has 21 heavy (non-hydrogen) atoms. The number of halogens is 3. The molecule has 0 spiro atoms. The first-order chi connectivity index (χ1) is 10.1. The van der Waals surface area contributed by atoms with Gasteiger partial charge in [-0.3, -0.25) is 0 Å². The third-order valence-electron chi connectivity index (χ3n) is 3.43. The number of aromatic nitrogens is 1. The molecule has 0 bridgehead atoms. The fourth-order valence-corrected chi connectivity index (χ4v) is 2.92. The van der Waals surface area contributed by atoms with E-state index < -0.39 is 0 Å². The van der Waals surface area contributed by atoms with Crippen LogP contribution in [-0.4, -0.2) is 9.67 Å². The molecule has 0 saturated heterocycles. The average Bonchev–Trinajstić information content (AvgIpc) is 2.80. The third-order valence-corrected chi connectivity index (χ3v) is 4.41. The van der Waals surface area contributed by atoms with Gasteiger partial charge in [0.25, 0.3) is 0 Å². The number of fused-ring (bicyclic) bond motifs is 1. The highest BCUT2D eigenvalue weighted by Gasteiger charge is 2.09. The predicted octanol–water partition coefficient (Wildman–Crippen LogP) is 5.14. The first-order valence-corrected chi connectivity index (χ1v) is 7.54. The molecular weight excluding hydrogens is 329 g/mol. The van der Waals surface area contributed by atoms with Gasteiger partial charge in [0.15, 0.2) is 0 Å². The largest absolute Gasteiger partial charge is 0.392 e. The smallest absolute Gasteiger partial charge is 0.0702 e. The van der Waals surface area contributed by atoms with E-state index in [2.05, 4.69) is 0 Å². The molecule has 0 aliphatic heterocycles. The second-order valence-electron chi connectivity index (χ2n) is 4.85. The van der Waals surface area contributed by atoms with Crippen LogP contribution in [0.1, 0.15) is 11.1 Å². The van der Waals surface area contributed by atoms with Gasteiger partial charge in [-0.25, -0.2) is 0 Å². The van der Waals surface area contributed by atoms with E-state index in [-0.39, 0.29) is 6.61 Å². The Morgan fingerprint density at radius 3 is 2.48 bits per heavy atom. The summed E-state index contributed by atoms with van der Waals surface area (Å²) in [6.07, 6.45) is 1.93. The van der Waals surface area contributed by atoms with Gasteiger partial charge in [0.05, 0.1) is 22.2 Å². The predicted molar refractivity (Wildman–Crippen MR) is 88.4 cm³/mol. The third kappa shape index (κ3) is 2.90. The molecule has 0 aliphatic rings. The van der Waals surface area contributed by atoms with Gasteiger partial charge in [-0.15, -0.1) is 0 Å².